The quantitative estimate of drug-likeness (QED) is 0.819. The number of hydrogen-bond donors (Lipinski definition) is 1. The highest BCUT2D eigenvalue weighted by molar-refractivity contribution is 14.1. The smallest absolute Gasteiger partial charge is 0.371 e. The number of carboxylic acids is 1. The summed E-state index contributed by atoms with van der Waals surface area (Å²) in [4.78, 5) is 10.6. The molecule has 0 aliphatic carbocycles. The summed E-state index contributed by atoms with van der Waals surface area (Å²) in [6, 6.07) is 4.86. The maximum atomic E-state index is 10.6. The van der Waals surface area contributed by atoms with E-state index >= 15 is 0 Å². The normalized spacial score (nSPS) is 10.7. The van der Waals surface area contributed by atoms with E-state index in [4.69, 9.17) is 21.1 Å². The van der Waals surface area contributed by atoms with Gasteiger partial charge in [-0.25, -0.2) is 4.79 Å². The molecule has 0 aliphatic rings. The zero-order valence-electron chi connectivity index (χ0n) is 6.75. The van der Waals surface area contributed by atoms with Crippen molar-refractivity contribution in [1.29, 1.82) is 0 Å². The first-order valence-corrected chi connectivity index (χ1v) is 5.15. The molecule has 0 radical (unpaired) electrons. The lowest BCUT2D eigenvalue weighted by molar-refractivity contribution is 0.0665. The number of hydrogen-bond acceptors (Lipinski definition) is 2. The summed E-state index contributed by atoms with van der Waals surface area (Å²) < 4.78 is 5.95. The summed E-state index contributed by atoms with van der Waals surface area (Å²) in [7, 11) is 0. The lowest BCUT2D eigenvalue weighted by atomic mass is 10.2. The molecule has 0 bridgehead atoms. The van der Waals surface area contributed by atoms with Gasteiger partial charge in [0.25, 0.3) is 0 Å². The van der Waals surface area contributed by atoms with Gasteiger partial charge in [0.05, 0.1) is 3.57 Å². The summed E-state index contributed by atoms with van der Waals surface area (Å²) in [5.74, 6) is -1.15. The summed E-state index contributed by atoms with van der Waals surface area (Å²) in [6.45, 7) is 0. The highest BCUT2D eigenvalue weighted by Gasteiger charge is 2.12. The minimum atomic E-state index is -1.08. The second-order valence-electron chi connectivity index (χ2n) is 2.72. The Kier molecular flexibility index (Phi) is 2.40. The fourth-order valence-electron chi connectivity index (χ4n) is 1.18. The van der Waals surface area contributed by atoms with Gasteiger partial charge in [0.2, 0.25) is 5.76 Å². The predicted molar refractivity (Wildman–Crippen MR) is 60.9 cm³/mol. The second-order valence-corrected chi connectivity index (χ2v) is 4.32. The standard InChI is InChI=1S/C9H4ClIO3/c10-5-1-4-2-7(9(12)13)14-8(4)6(11)3-5/h1-3H,(H,12,13). The molecule has 1 N–H and O–H groups in total. The maximum absolute atomic E-state index is 10.6. The zero-order chi connectivity index (χ0) is 10.3. The van der Waals surface area contributed by atoms with E-state index < -0.39 is 5.97 Å². The highest BCUT2D eigenvalue weighted by atomic mass is 127. The fraction of sp³-hybridized carbons (Fsp3) is 0. The molecule has 1 aromatic carbocycles. The average molecular weight is 322 g/mol. The summed E-state index contributed by atoms with van der Waals surface area (Å²) in [5.41, 5.74) is 0.562. The number of fused-ring (bicyclic) bond motifs is 1. The number of carboxylic acid groups (broad SMARTS) is 1. The number of aromatic carboxylic acids is 1. The Labute approximate surface area is 97.8 Å². The minimum absolute atomic E-state index is 0.0693. The summed E-state index contributed by atoms with van der Waals surface area (Å²) in [5, 5.41) is 9.99. The Balaban J connectivity index is 2.76. The van der Waals surface area contributed by atoms with E-state index in [1.807, 2.05) is 22.6 Å². The second kappa shape index (κ2) is 3.43. The van der Waals surface area contributed by atoms with Crippen molar-refractivity contribution in [3.8, 4) is 0 Å². The van der Waals surface area contributed by atoms with Crippen LogP contribution >= 0.6 is 34.2 Å². The first-order valence-electron chi connectivity index (χ1n) is 3.70. The van der Waals surface area contributed by atoms with Crippen molar-refractivity contribution in [2.75, 3.05) is 0 Å². The van der Waals surface area contributed by atoms with Crippen LogP contribution in [0.3, 0.4) is 0 Å². The van der Waals surface area contributed by atoms with Gasteiger partial charge in [0.15, 0.2) is 0 Å². The Bertz CT molecular complexity index is 518. The molecule has 0 aliphatic heterocycles. The van der Waals surface area contributed by atoms with E-state index in [1.165, 1.54) is 6.07 Å². The first kappa shape index (κ1) is 9.79. The molecule has 5 heteroatoms. The maximum Gasteiger partial charge on any atom is 0.371 e. The number of rotatable bonds is 1. The van der Waals surface area contributed by atoms with Gasteiger partial charge in [-0.3, -0.25) is 0 Å². The zero-order valence-corrected chi connectivity index (χ0v) is 9.67. The van der Waals surface area contributed by atoms with Gasteiger partial charge in [0.1, 0.15) is 5.58 Å². The molecule has 0 saturated heterocycles. The molecule has 0 spiro atoms. The van der Waals surface area contributed by atoms with Crippen LogP contribution in [0.25, 0.3) is 11.0 Å². The van der Waals surface area contributed by atoms with Crippen LogP contribution in [0.15, 0.2) is 22.6 Å². The van der Waals surface area contributed by atoms with Gasteiger partial charge in [0, 0.05) is 10.4 Å². The highest BCUT2D eigenvalue weighted by Crippen LogP contribution is 2.28. The van der Waals surface area contributed by atoms with Crippen molar-refractivity contribution in [3.05, 3.63) is 32.6 Å². The molecule has 1 aromatic heterocycles. The van der Waals surface area contributed by atoms with E-state index in [9.17, 15) is 4.79 Å². The van der Waals surface area contributed by atoms with Gasteiger partial charge in [-0.2, -0.15) is 0 Å². The largest absolute Gasteiger partial charge is 0.475 e. The number of benzene rings is 1. The monoisotopic (exact) mass is 322 g/mol. The van der Waals surface area contributed by atoms with Crippen LogP contribution in [-0.4, -0.2) is 11.1 Å². The van der Waals surface area contributed by atoms with E-state index in [0.29, 0.717) is 16.0 Å². The van der Waals surface area contributed by atoms with Crippen LogP contribution in [0.4, 0.5) is 0 Å². The molecule has 3 nitrogen and oxygen atoms in total. The SMILES string of the molecule is O=C(O)c1cc2cc(Cl)cc(I)c2o1. The van der Waals surface area contributed by atoms with Crippen LogP contribution in [-0.2, 0) is 0 Å². The molecule has 2 aromatic rings. The molecular weight excluding hydrogens is 318 g/mol. The Morgan fingerprint density at radius 3 is 2.79 bits per heavy atom. The minimum Gasteiger partial charge on any atom is -0.475 e. The summed E-state index contributed by atoms with van der Waals surface area (Å²) in [6.07, 6.45) is 0. The number of halogens is 2. The first-order chi connectivity index (χ1) is 6.58. The molecule has 0 amide bonds. The molecule has 0 unspecified atom stereocenters. The number of furan rings is 1. The van der Waals surface area contributed by atoms with Gasteiger partial charge in [-0.1, -0.05) is 11.6 Å². The van der Waals surface area contributed by atoms with Gasteiger partial charge >= 0.3 is 5.97 Å². The van der Waals surface area contributed by atoms with Crippen LogP contribution in [0.1, 0.15) is 10.6 Å². The van der Waals surface area contributed by atoms with Gasteiger partial charge in [-0.15, -0.1) is 0 Å². The molecule has 0 atom stereocenters. The van der Waals surface area contributed by atoms with Crippen LogP contribution in [0, 0.1) is 3.57 Å². The molecule has 0 saturated carbocycles. The van der Waals surface area contributed by atoms with Crippen molar-refractivity contribution in [2.24, 2.45) is 0 Å². The molecule has 72 valence electrons. The van der Waals surface area contributed by atoms with Crippen molar-refractivity contribution >= 4 is 51.1 Å². The summed E-state index contributed by atoms with van der Waals surface area (Å²) >= 11 is 7.87. The molecule has 1 heterocycles. The third kappa shape index (κ3) is 1.59. The predicted octanol–water partition coefficient (Wildman–Crippen LogP) is 3.39. The Morgan fingerprint density at radius 1 is 1.43 bits per heavy atom. The Hall–Kier alpha value is -0.750. The lowest BCUT2D eigenvalue weighted by Crippen LogP contribution is -1.91. The Morgan fingerprint density at radius 2 is 2.14 bits per heavy atom. The van der Waals surface area contributed by atoms with Gasteiger partial charge in [-0.05, 0) is 40.8 Å². The molecule has 0 fully saturated rings. The van der Waals surface area contributed by atoms with E-state index in [-0.39, 0.29) is 5.76 Å². The van der Waals surface area contributed by atoms with Crippen LogP contribution < -0.4 is 0 Å². The van der Waals surface area contributed by atoms with Gasteiger partial charge < -0.3 is 9.52 Å². The van der Waals surface area contributed by atoms with Crippen LogP contribution in [0.5, 0.6) is 0 Å². The third-order valence-electron chi connectivity index (χ3n) is 1.75. The molecule has 2 rings (SSSR count). The lowest BCUT2D eigenvalue weighted by Gasteiger charge is -1.93. The molecular formula is C9H4ClIO3. The third-order valence-corrected chi connectivity index (χ3v) is 2.77. The average Bonchev–Trinajstić information content (AvgIpc) is 2.47. The van der Waals surface area contributed by atoms with Crippen molar-refractivity contribution in [1.82, 2.24) is 0 Å². The van der Waals surface area contributed by atoms with Crippen LogP contribution in [0.2, 0.25) is 5.02 Å². The van der Waals surface area contributed by atoms with E-state index in [2.05, 4.69) is 0 Å². The van der Waals surface area contributed by atoms with Crippen molar-refractivity contribution in [2.45, 2.75) is 0 Å². The van der Waals surface area contributed by atoms with E-state index in [0.717, 1.165) is 3.57 Å². The van der Waals surface area contributed by atoms with Crippen molar-refractivity contribution in [3.63, 3.8) is 0 Å². The fourth-order valence-corrected chi connectivity index (χ4v) is 2.35. The number of carbonyl (C=O) groups is 1. The van der Waals surface area contributed by atoms with Crippen molar-refractivity contribution < 1.29 is 14.3 Å². The molecule has 14 heavy (non-hydrogen) atoms. The van der Waals surface area contributed by atoms with E-state index in [1.54, 1.807) is 12.1 Å². The topological polar surface area (TPSA) is 50.4 Å².